The number of aromatic amines is 1. The van der Waals surface area contributed by atoms with Crippen LogP contribution < -0.4 is 14.8 Å². The van der Waals surface area contributed by atoms with E-state index in [-0.39, 0.29) is 11.9 Å². The second kappa shape index (κ2) is 8.58. The van der Waals surface area contributed by atoms with E-state index in [1.807, 2.05) is 31.2 Å². The molecule has 1 fully saturated rings. The maximum absolute atomic E-state index is 13.0. The van der Waals surface area contributed by atoms with Crippen LogP contribution in [0.2, 0.25) is 0 Å². The van der Waals surface area contributed by atoms with Crippen molar-refractivity contribution in [1.82, 2.24) is 20.6 Å². The number of hydrogen-bond acceptors (Lipinski definition) is 7. The molecule has 0 radical (unpaired) electrons. The third-order valence-electron chi connectivity index (χ3n) is 5.86. The Kier molecular flexibility index (Phi) is 5.48. The number of tetrazole rings is 1. The molecular formula is C23H23N5O3S. The monoisotopic (exact) mass is 449 g/mol. The van der Waals surface area contributed by atoms with Gasteiger partial charge in [-0.3, -0.25) is 10.1 Å². The lowest BCUT2D eigenvalue weighted by Crippen LogP contribution is -2.12. The second-order valence-corrected chi connectivity index (χ2v) is 8.97. The maximum Gasteiger partial charge on any atom is 0.272 e. The summed E-state index contributed by atoms with van der Waals surface area (Å²) in [6.07, 6.45) is 5.08. The van der Waals surface area contributed by atoms with Gasteiger partial charge in [0, 0.05) is 10.1 Å². The van der Waals surface area contributed by atoms with Crippen LogP contribution in [0, 0.1) is 6.92 Å². The molecule has 0 bridgehead atoms. The van der Waals surface area contributed by atoms with E-state index in [2.05, 4.69) is 38.1 Å². The van der Waals surface area contributed by atoms with E-state index in [9.17, 15) is 4.79 Å². The summed E-state index contributed by atoms with van der Waals surface area (Å²) < 4.78 is 12.7. The molecule has 0 saturated heterocycles. The Morgan fingerprint density at radius 2 is 1.97 bits per heavy atom. The van der Waals surface area contributed by atoms with E-state index in [4.69, 9.17) is 9.47 Å². The van der Waals surface area contributed by atoms with E-state index in [1.54, 1.807) is 7.11 Å². The van der Waals surface area contributed by atoms with Gasteiger partial charge in [-0.25, -0.2) is 0 Å². The zero-order valence-corrected chi connectivity index (χ0v) is 18.7. The highest BCUT2D eigenvalue weighted by Gasteiger charge is 2.23. The average Bonchev–Trinajstić information content (AvgIpc) is 3.56. The molecule has 9 heteroatoms. The van der Waals surface area contributed by atoms with Gasteiger partial charge in [-0.1, -0.05) is 30.1 Å². The SMILES string of the molecule is COc1cc2c(Oc3ccc(C4CCCC4)cc3)c(C(=O)Nc3nn[nH]n3)sc2cc1C. The normalized spacial score (nSPS) is 14.1. The highest BCUT2D eigenvalue weighted by atomic mass is 32.1. The molecule has 2 aromatic heterocycles. The third kappa shape index (κ3) is 3.91. The van der Waals surface area contributed by atoms with E-state index < -0.39 is 0 Å². The topological polar surface area (TPSA) is 102 Å². The Hall–Kier alpha value is -3.46. The van der Waals surface area contributed by atoms with Crippen LogP contribution in [0.5, 0.6) is 17.2 Å². The lowest BCUT2D eigenvalue weighted by molar-refractivity contribution is 0.102. The lowest BCUT2D eigenvalue weighted by Gasteiger charge is -2.12. The minimum atomic E-state index is -0.359. The fraction of sp³-hybridized carbons (Fsp3) is 0.304. The number of amides is 1. The fourth-order valence-electron chi connectivity index (χ4n) is 4.23. The van der Waals surface area contributed by atoms with E-state index in [0.29, 0.717) is 22.3 Å². The van der Waals surface area contributed by atoms with E-state index >= 15 is 0 Å². The molecule has 1 amide bonds. The number of aromatic nitrogens is 4. The molecular weight excluding hydrogens is 426 g/mol. The highest BCUT2D eigenvalue weighted by molar-refractivity contribution is 7.21. The number of benzene rings is 2. The van der Waals surface area contributed by atoms with Gasteiger partial charge in [-0.15, -0.1) is 16.4 Å². The van der Waals surface area contributed by atoms with Crippen LogP contribution in [0.1, 0.15) is 52.4 Å². The van der Waals surface area contributed by atoms with Crippen molar-refractivity contribution in [1.29, 1.82) is 0 Å². The number of aryl methyl sites for hydroxylation is 1. The average molecular weight is 450 g/mol. The summed E-state index contributed by atoms with van der Waals surface area (Å²) in [5, 5.41) is 16.9. The Labute approximate surface area is 188 Å². The van der Waals surface area contributed by atoms with Crippen molar-refractivity contribution in [2.45, 2.75) is 38.5 Å². The van der Waals surface area contributed by atoms with Crippen molar-refractivity contribution < 1.29 is 14.3 Å². The van der Waals surface area contributed by atoms with Crippen LogP contribution in [0.25, 0.3) is 10.1 Å². The first-order valence-electron chi connectivity index (χ1n) is 10.6. The van der Waals surface area contributed by atoms with Gasteiger partial charge in [-0.05, 0) is 66.3 Å². The third-order valence-corrected chi connectivity index (χ3v) is 7.00. The van der Waals surface area contributed by atoms with Gasteiger partial charge in [0.1, 0.15) is 16.4 Å². The number of nitrogens with zero attached hydrogens (tertiary/aromatic N) is 3. The Morgan fingerprint density at radius 1 is 1.19 bits per heavy atom. The number of thiophene rings is 1. The second-order valence-electron chi connectivity index (χ2n) is 7.92. The number of H-pyrrole nitrogens is 1. The van der Waals surface area contributed by atoms with Crippen LogP contribution >= 0.6 is 11.3 Å². The predicted molar refractivity (Wildman–Crippen MR) is 123 cm³/mol. The number of hydrogen-bond donors (Lipinski definition) is 2. The zero-order valence-electron chi connectivity index (χ0n) is 17.8. The van der Waals surface area contributed by atoms with Gasteiger partial charge in [0.2, 0.25) is 0 Å². The molecule has 2 N–H and O–H groups in total. The Morgan fingerprint density at radius 3 is 2.66 bits per heavy atom. The first-order chi connectivity index (χ1) is 15.6. The highest BCUT2D eigenvalue weighted by Crippen LogP contribution is 2.43. The fourth-order valence-corrected chi connectivity index (χ4v) is 5.34. The molecule has 4 aromatic rings. The standard InChI is InChI=1S/C23H23N5O3S/c1-13-11-19-17(12-18(13)30-2)20(21(32-19)22(29)24-23-25-27-28-26-23)31-16-9-7-15(8-10-16)14-5-3-4-6-14/h7-12,14H,3-6H2,1-2H3,(H2,24,25,26,27,28,29). The molecule has 0 unspecified atom stereocenters. The lowest BCUT2D eigenvalue weighted by atomic mass is 9.98. The van der Waals surface area contributed by atoms with Gasteiger partial charge in [0.15, 0.2) is 5.75 Å². The van der Waals surface area contributed by atoms with Crippen LogP contribution in [-0.2, 0) is 0 Å². The van der Waals surface area contributed by atoms with E-state index in [1.165, 1.54) is 42.6 Å². The molecule has 0 aliphatic heterocycles. The van der Waals surface area contributed by atoms with Crippen LogP contribution in [-0.4, -0.2) is 33.6 Å². The van der Waals surface area contributed by atoms with Crippen LogP contribution in [0.3, 0.4) is 0 Å². The summed E-state index contributed by atoms with van der Waals surface area (Å²) in [6, 6.07) is 12.1. The maximum atomic E-state index is 13.0. The van der Waals surface area contributed by atoms with Gasteiger partial charge in [-0.2, -0.15) is 5.21 Å². The Bertz CT molecular complexity index is 1250. The van der Waals surface area contributed by atoms with Crippen molar-refractivity contribution in [3.8, 4) is 17.2 Å². The summed E-state index contributed by atoms with van der Waals surface area (Å²) in [7, 11) is 1.63. The number of carbonyl (C=O) groups is 1. The van der Waals surface area contributed by atoms with Gasteiger partial charge >= 0.3 is 0 Å². The molecule has 2 heterocycles. The van der Waals surface area contributed by atoms with Crippen LogP contribution in [0.4, 0.5) is 5.95 Å². The van der Waals surface area contributed by atoms with Crippen molar-refractivity contribution in [3.63, 3.8) is 0 Å². The van der Waals surface area contributed by atoms with Crippen molar-refractivity contribution in [3.05, 3.63) is 52.4 Å². The zero-order chi connectivity index (χ0) is 22.1. The molecule has 1 aliphatic carbocycles. The molecule has 1 saturated carbocycles. The number of carbonyl (C=O) groups excluding carboxylic acids is 1. The first-order valence-corrected chi connectivity index (χ1v) is 11.4. The largest absolute Gasteiger partial charge is 0.496 e. The minimum Gasteiger partial charge on any atom is -0.496 e. The summed E-state index contributed by atoms with van der Waals surface area (Å²) in [5.41, 5.74) is 2.33. The number of methoxy groups -OCH3 is 1. The summed E-state index contributed by atoms with van der Waals surface area (Å²) >= 11 is 1.35. The molecule has 32 heavy (non-hydrogen) atoms. The van der Waals surface area contributed by atoms with E-state index in [0.717, 1.165) is 21.4 Å². The molecule has 0 spiro atoms. The predicted octanol–water partition coefficient (Wildman–Crippen LogP) is 5.43. The van der Waals surface area contributed by atoms with Crippen molar-refractivity contribution in [2.24, 2.45) is 0 Å². The quantitative estimate of drug-likeness (QED) is 0.407. The summed E-state index contributed by atoms with van der Waals surface area (Å²) in [4.78, 5) is 13.5. The molecule has 2 aromatic carbocycles. The number of fused-ring (bicyclic) bond motifs is 1. The van der Waals surface area contributed by atoms with Gasteiger partial charge in [0.25, 0.3) is 11.9 Å². The minimum absolute atomic E-state index is 0.105. The van der Waals surface area contributed by atoms with Crippen molar-refractivity contribution >= 4 is 33.3 Å². The van der Waals surface area contributed by atoms with Gasteiger partial charge < -0.3 is 9.47 Å². The molecule has 1 aliphatic rings. The molecule has 8 nitrogen and oxygen atoms in total. The Balaban J connectivity index is 1.52. The molecule has 0 atom stereocenters. The van der Waals surface area contributed by atoms with Crippen molar-refractivity contribution in [2.75, 3.05) is 12.4 Å². The number of rotatable bonds is 6. The number of nitrogens with one attached hydrogen (secondary N) is 2. The summed E-state index contributed by atoms with van der Waals surface area (Å²) in [6.45, 7) is 1.97. The smallest absolute Gasteiger partial charge is 0.272 e. The number of ether oxygens (including phenoxy) is 2. The van der Waals surface area contributed by atoms with Crippen LogP contribution in [0.15, 0.2) is 36.4 Å². The van der Waals surface area contributed by atoms with Gasteiger partial charge in [0.05, 0.1) is 7.11 Å². The first kappa shape index (κ1) is 20.4. The summed E-state index contributed by atoms with van der Waals surface area (Å²) in [5.74, 6) is 2.28. The number of anilines is 1. The molecule has 164 valence electrons. The molecule has 5 rings (SSSR count).